The molecule has 3 heterocycles. The number of rotatable bonds is 7. The van der Waals surface area contributed by atoms with Gasteiger partial charge in [0.2, 0.25) is 0 Å². The lowest BCUT2D eigenvalue weighted by Gasteiger charge is -2.01. The molecule has 3 aromatic heterocycles. The monoisotopic (exact) mass is 316 g/mol. The number of carbonyl (C=O) groups excluding carboxylic acids is 1. The third-order valence-electron chi connectivity index (χ3n) is 3.06. The van der Waals surface area contributed by atoms with Crippen LogP contribution in [0.25, 0.3) is 5.65 Å². The van der Waals surface area contributed by atoms with Crippen molar-refractivity contribution in [1.82, 2.24) is 29.6 Å². The van der Waals surface area contributed by atoms with E-state index < -0.39 is 5.97 Å². The molecule has 0 radical (unpaired) electrons. The van der Waals surface area contributed by atoms with Crippen LogP contribution in [0.2, 0.25) is 0 Å². The summed E-state index contributed by atoms with van der Waals surface area (Å²) in [6.07, 6.45) is 3.97. The highest BCUT2D eigenvalue weighted by molar-refractivity contribution is 5.86. The first kappa shape index (κ1) is 15.1. The molecule has 0 spiro atoms. The average molecular weight is 316 g/mol. The van der Waals surface area contributed by atoms with Gasteiger partial charge in [0, 0.05) is 26.3 Å². The topological polar surface area (TPSA) is 96.4 Å². The van der Waals surface area contributed by atoms with Crippen LogP contribution in [0, 0.1) is 0 Å². The minimum Gasteiger partial charge on any atom is -0.461 e. The molecule has 0 fully saturated rings. The second-order valence-corrected chi connectivity index (χ2v) is 4.82. The summed E-state index contributed by atoms with van der Waals surface area (Å²) in [5.74, 6) is 0.0800. The summed E-state index contributed by atoms with van der Waals surface area (Å²) in [5, 5.41) is 12.0. The molecule has 120 valence electrons. The molecule has 0 aliphatic carbocycles. The highest BCUT2D eigenvalue weighted by Gasteiger charge is 2.13. The van der Waals surface area contributed by atoms with Crippen LogP contribution in [0.15, 0.2) is 30.6 Å². The van der Waals surface area contributed by atoms with Gasteiger partial charge in [0.05, 0.1) is 12.8 Å². The van der Waals surface area contributed by atoms with E-state index in [0.717, 1.165) is 5.65 Å². The van der Waals surface area contributed by atoms with Crippen molar-refractivity contribution in [2.45, 2.75) is 13.0 Å². The summed E-state index contributed by atoms with van der Waals surface area (Å²) in [5.41, 5.74) is 0.909. The van der Waals surface area contributed by atoms with Crippen LogP contribution in [-0.2, 0) is 16.0 Å². The van der Waals surface area contributed by atoms with Gasteiger partial charge in [-0.05, 0) is 12.1 Å². The Bertz CT molecular complexity index is 764. The molecule has 0 saturated heterocycles. The first-order chi connectivity index (χ1) is 11.3. The van der Waals surface area contributed by atoms with E-state index in [9.17, 15) is 4.79 Å². The highest BCUT2D eigenvalue weighted by Crippen LogP contribution is 2.03. The third-order valence-corrected chi connectivity index (χ3v) is 3.06. The fourth-order valence-electron chi connectivity index (χ4n) is 2.00. The zero-order chi connectivity index (χ0) is 16.1. The van der Waals surface area contributed by atoms with Crippen LogP contribution in [0.3, 0.4) is 0 Å². The Kier molecular flexibility index (Phi) is 4.57. The Morgan fingerprint density at radius 2 is 2.22 bits per heavy atom. The van der Waals surface area contributed by atoms with Gasteiger partial charge >= 0.3 is 5.97 Å². The quantitative estimate of drug-likeness (QED) is 0.464. The number of aromatic nitrogens is 6. The van der Waals surface area contributed by atoms with Crippen molar-refractivity contribution in [3.8, 4) is 0 Å². The summed E-state index contributed by atoms with van der Waals surface area (Å²) < 4.78 is 13.1. The van der Waals surface area contributed by atoms with E-state index in [1.54, 1.807) is 11.6 Å². The number of carbonyl (C=O) groups is 1. The second-order valence-electron chi connectivity index (χ2n) is 4.82. The van der Waals surface area contributed by atoms with Gasteiger partial charge in [0.1, 0.15) is 6.54 Å². The number of fused-ring (bicyclic) bond motifs is 1. The molecular formula is C14H16N6O3. The maximum atomic E-state index is 11.8. The van der Waals surface area contributed by atoms with E-state index in [1.807, 2.05) is 24.4 Å². The highest BCUT2D eigenvalue weighted by atomic mass is 16.5. The zero-order valence-electron chi connectivity index (χ0n) is 12.6. The van der Waals surface area contributed by atoms with E-state index in [1.165, 1.54) is 10.9 Å². The molecule has 3 aromatic rings. The Hall–Kier alpha value is -2.81. The lowest BCUT2D eigenvalue weighted by molar-refractivity contribution is 0.0461. The third kappa shape index (κ3) is 3.69. The molecule has 0 aromatic carbocycles. The number of nitrogens with zero attached hydrogens (tertiary/aromatic N) is 6. The fourth-order valence-corrected chi connectivity index (χ4v) is 2.00. The van der Waals surface area contributed by atoms with E-state index in [2.05, 4.69) is 20.4 Å². The van der Waals surface area contributed by atoms with Gasteiger partial charge in [-0.2, -0.15) is 0 Å². The summed E-state index contributed by atoms with van der Waals surface area (Å²) in [7, 11) is 1.60. The van der Waals surface area contributed by atoms with Gasteiger partial charge in [-0.3, -0.25) is 0 Å². The number of esters is 1. The van der Waals surface area contributed by atoms with Gasteiger partial charge in [0.25, 0.3) is 0 Å². The molecule has 0 bridgehead atoms. The molecule has 0 unspecified atom stereocenters. The van der Waals surface area contributed by atoms with Gasteiger partial charge < -0.3 is 9.47 Å². The summed E-state index contributed by atoms with van der Waals surface area (Å²) in [6, 6.07) is 5.63. The van der Waals surface area contributed by atoms with E-state index in [4.69, 9.17) is 9.47 Å². The predicted octanol–water partition coefficient (Wildman–Crippen LogP) is 0.562. The molecule has 0 N–H and O–H groups in total. The minimum absolute atomic E-state index is 0.159. The van der Waals surface area contributed by atoms with Crippen LogP contribution in [0.1, 0.15) is 22.7 Å². The van der Waals surface area contributed by atoms with Crippen molar-refractivity contribution in [2.24, 2.45) is 0 Å². The van der Waals surface area contributed by atoms with E-state index in [-0.39, 0.29) is 12.3 Å². The molecule has 0 saturated carbocycles. The average Bonchev–Trinajstić information content (AvgIpc) is 3.18. The minimum atomic E-state index is -0.504. The van der Waals surface area contributed by atoms with Gasteiger partial charge in [-0.15, -0.1) is 10.2 Å². The normalized spacial score (nSPS) is 11.0. The first-order valence-corrected chi connectivity index (χ1v) is 7.13. The Morgan fingerprint density at radius 1 is 1.30 bits per heavy atom. The SMILES string of the molecule is COCCCOC(=O)c1cn(Cc2nc3ccccn3n2)nn1. The van der Waals surface area contributed by atoms with Gasteiger partial charge in [-0.1, -0.05) is 11.3 Å². The van der Waals surface area contributed by atoms with Crippen molar-refractivity contribution in [3.05, 3.63) is 42.1 Å². The smallest absolute Gasteiger partial charge is 0.360 e. The lowest BCUT2D eigenvalue weighted by Crippen LogP contribution is -2.08. The molecule has 0 atom stereocenters. The maximum Gasteiger partial charge on any atom is 0.360 e. The van der Waals surface area contributed by atoms with Gasteiger partial charge in [-0.25, -0.2) is 19.0 Å². The van der Waals surface area contributed by atoms with Crippen molar-refractivity contribution in [3.63, 3.8) is 0 Å². The molecule has 23 heavy (non-hydrogen) atoms. The van der Waals surface area contributed by atoms with Crippen LogP contribution in [-0.4, -0.2) is 55.9 Å². The molecule has 9 nitrogen and oxygen atoms in total. The van der Waals surface area contributed by atoms with E-state index in [0.29, 0.717) is 25.4 Å². The van der Waals surface area contributed by atoms with Crippen molar-refractivity contribution < 1.29 is 14.3 Å². The Balaban J connectivity index is 1.61. The van der Waals surface area contributed by atoms with Crippen molar-refractivity contribution >= 4 is 11.6 Å². The van der Waals surface area contributed by atoms with Crippen molar-refractivity contribution in [1.29, 1.82) is 0 Å². The molecule has 9 heteroatoms. The Labute approximate surface area is 131 Å². The molecule has 3 rings (SSSR count). The van der Waals surface area contributed by atoms with E-state index >= 15 is 0 Å². The number of methoxy groups -OCH3 is 1. The molecule has 0 amide bonds. The molecule has 0 aliphatic heterocycles. The van der Waals surface area contributed by atoms with Crippen LogP contribution in [0.5, 0.6) is 0 Å². The number of hydrogen-bond acceptors (Lipinski definition) is 7. The number of hydrogen-bond donors (Lipinski definition) is 0. The van der Waals surface area contributed by atoms with Crippen LogP contribution >= 0.6 is 0 Å². The number of pyridine rings is 1. The lowest BCUT2D eigenvalue weighted by atomic mass is 10.4. The maximum absolute atomic E-state index is 11.8. The van der Waals surface area contributed by atoms with Crippen molar-refractivity contribution in [2.75, 3.05) is 20.3 Å². The zero-order valence-corrected chi connectivity index (χ0v) is 12.6. The molecule has 0 aliphatic rings. The fraction of sp³-hybridized carbons (Fsp3) is 0.357. The standard InChI is InChI=1S/C14H16N6O3/c1-22-7-4-8-23-14(21)11-9-19(18-16-11)10-12-15-13-5-2-3-6-20(13)17-12/h2-3,5-6,9H,4,7-8,10H2,1H3. The van der Waals surface area contributed by atoms with Gasteiger partial charge in [0.15, 0.2) is 17.2 Å². The predicted molar refractivity (Wildman–Crippen MR) is 78.9 cm³/mol. The Morgan fingerprint density at radius 3 is 3.04 bits per heavy atom. The number of ether oxygens (including phenoxy) is 2. The molecular weight excluding hydrogens is 300 g/mol. The second kappa shape index (κ2) is 6.97. The van der Waals surface area contributed by atoms with Crippen LogP contribution in [0.4, 0.5) is 0 Å². The summed E-state index contributed by atoms with van der Waals surface area (Å²) in [4.78, 5) is 16.2. The first-order valence-electron chi connectivity index (χ1n) is 7.13. The largest absolute Gasteiger partial charge is 0.461 e. The summed E-state index contributed by atoms with van der Waals surface area (Å²) in [6.45, 7) is 1.15. The van der Waals surface area contributed by atoms with Crippen LogP contribution < -0.4 is 0 Å². The summed E-state index contributed by atoms with van der Waals surface area (Å²) >= 11 is 0.